The number of non-ortho nitro benzene ring substituents is 1. The molecule has 1 aromatic carbocycles. The normalized spacial score (nSPS) is 15.2. The third-order valence-electron chi connectivity index (χ3n) is 1.80. The van der Waals surface area contributed by atoms with Gasteiger partial charge in [-0.2, -0.15) is 0 Å². The molecule has 0 amide bonds. The molecule has 0 aliphatic heterocycles. The first-order valence-electron chi connectivity index (χ1n) is 4.82. The summed E-state index contributed by atoms with van der Waals surface area (Å²) in [6, 6.07) is 4.73. The number of carbonyl (C=O) groups excluding carboxylic acids is 1. The quantitative estimate of drug-likeness (QED) is 0.569. The lowest BCUT2D eigenvalue weighted by Crippen LogP contribution is -1.99. The van der Waals surface area contributed by atoms with Crippen LogP contribution in [0.25, 0.3) is 0 Å². The van der Waals surface area contributed by atoms with Gasteiger partial charge in [-0.15, -0.1) is 0 Å². The second-order valence-electron chi connectivity index (χ2n) is 3.03. The summed E-state index contributed by atoms with van der Waals surface area (Å²) in [6.07, 6.45) is -3.24. The molecule has 0 aliphatic rings. The van der Waals surface area contributed by atoms with Crippen molar-refractivity contribution in [2.24, 2.45) is 0 Å². The second-order valence-corrected chi connectivity index (χ2v) is 3.03. The molecule has 0 radical (unpaired) electrons. The SMILES string of the molecule is [2H][C@H](C(C)=O)[C@H](F)c1ccc([N+](=O)[O-])cc1. The number of nitrogens with zero attached hydrogens (tertiary/aromatic N) is 1. The summed E-state index contributed by atoms with van der Waals surface area (Å²) < 4.78 is 20.8. The highest BCUT2D eigenvalue weighted by molar-refractivity contribution is 5.76. The summed E-state index contributed by atoms with van der Waals surface area (Å²) in [5, 5.41) is 10.3. The van der Waals surface area contributed by atoms with E-state index in [-0.39, 0.29) is 11.3 Å². The molecule has 0 unspecified atom stereocenters. The molecule has 0 saturated carbocycles. The van der Waals surface area contributed by atoms with E-state index in [4.69, 9.17) is 1.37 Å². The first-order valence-corrected chi connectivity index (χ1v) is 4.24. The molecule has 4 nitrogen and oxygen atoms in total. The minimum absolute atomic E-state index is 0.0980. The smallest absolute Gasteiger partial charge is 0.269 e. The Bertz CT molecular complexity index is 407. The standard InChI is InChI=1S/C10H10FNO3/c1-7(13)6-10(11)8-2-4-9(5-3-8)12(14)15/h2-5,10H,6H2,1H3/t10-/m0/s1/i6D/t6-,10+/m1. The maximum Gasteiger partial charge on any atom is 0.269 e. The van der Waals surface area contributed by atoms with Crippen molar-refractivity contribution in [1.82, 2.24) is 0 Å². The maximum absolute atomic E-state index is 13.5. The van der Waals surface area contributed by atoms with E-state index >= 15 is 0 Å². The van der Waals surface area contributed by atoms with Crippen LogP contribution in [0.3, 0.4) is 0 Å². The Balaban J connectivity index is 2.89. The van der Waals surface area contributed by atoms with Gasteiger partial charge < -0.3 is 0 Å². The van der Waals surface area contributed by atoms with Crippen LogP contribution in [0.5, 0.6) is 0 Å². The lowest BCUT2D eigenvalue weighted by atomic mass is 10.1. The van der Waals surface area contributed by atoms with Crippen LogP contribution in [0.4, 0.5) is 10.1 Å². The van der Waals surface area contributed by atoms with E-state index in [1.54, 1.807) is 0 Å². The summed E-state index contributed by atoms with van der Waals surface area (Å²) >= 11 is 0. The maximum atomic E-state index is 13.5. The number of benzene rings is 1. The largest absolute Gasteiger partial charge is 0.300 e. The Morgan fingerprint density at radius 3 is 2.53 bits per heavy atom. The van der Waals surface area contributed by atoms with Crippen molar-refractivity contribution in [3.05, 3.63) is 39.9 Å². The first-order chi connectivity index (χ1) is 7.43. The number of nitro groups is 1. The van der Waals surface area contributed by atoms with E-state index in [1.807, 2.05) is 0 Å². The number of hydrogen-bond acceptors (Lipinski definition) is 3. The van der Waals surface area contributed by atoms with Gasteiger partial charge in [0.1, 0.15) is 12.0 Å². The van der Waals surface area contributed by atoms with Crippen molar-refractivity contribution in [2.45, 2.75) is 19.5 Å². The van der Waals surface area contributed by atoms with Crippen molar-refractivity contribution in [1.29, 1.82) is 0 Å². The van der Waals surface area contributed by atoms with E-state index in [2.05, 4.69) is 0 Å². The van der Waals surface area contributed by atoms with Gasteiger partial charge in [0.15, 0.2) is 0 Å². The van der Waals surface area contributed by atoms with Gasteiger partial charge in [0.25, 0.3) is 5.69 Å². The van der Waals surface area contributed by atoms with Gasteiger partial charge in [-0.05, 0) is 24.6 Å². The van der Waals surface area contributed by atoms with Gasteiger partial charge in [0, 0.05) is 19.9 Å². The molecule has 0 aliphatic carbocycles. The molecule has 0 bridgehead atoms. The third-order valence-corrected chi connectivity index (χ3v) is 1.80. The number of carbonyl (C=O) groups is 1. The Morgan fingerprint density at radius 1 is 1.60 bits per heavy atom. The van der Waals surface area contributed by atoms with E-state index in [0.717, 1.165) is 19.1 Å². The Hall–Kier alpha value is -1.78. The lowest BCUT2D eigenvalue weighted by molar-refractivity contribution is -0.384. The van der Waals surface area contributed by atoms with E-state index in [9.17, 15) is 19.3 Å². The Kier molecular flexibility index (Phi) is 3.02. The number of hydrogen-bond donors (Lipinski definition) is 0. The summed E-state index contributed by atoms with van der Waals surface area (Å²) in [7, 11) is 0. The molecule has 80 valence electrons. The van der Waals surface area contributed by atoms with Gasteiger partial charge >= 0.3 is 0 Å². The summed E-state index contributed by atoms with van der Waals surface area (Å²) in [5.41, 5.74) is -0.0545. The predicted molar refractivity (Wildman–Crippen MR) is 52.2 cm³/mol. The number of ketones is 1. The number of Topliss-reactive ketones (excluding diaryl/α,β-unsaturated/α-hetero) is 1. The highest BCUT2D eigenvalue weighted by Gasteiger charge is 2.13. The van der Waals surface area contributed by atoms with Crippen molar-refractivity contribution >= 4 is 11.5 Å². The molecule has 0 spiro atoms. The fourth-order valence-electron chi connectivity index (χ4n) is 1.08. The summed E-state index contributed by atoms with van der Waals surface area (Å²) in [4.78, 5) is 20.5. The van der Waals surface area contributed by atoms with Crippen LogP contribution >= 0.6 is 0 Å². The average molecular weight is 212 g/mol. The topological polar surface area (TPSA) is 60.2 Å². The van der Waals surface area contributed by atoms with Gasteiger partial charge in [0.2, 0.25) is 0 Å². The number of alkyl halides is 1. The highest BCUT2D eigenvalue weighted by atomic mass is 19.1. The molecule has 0 fully saturated rings. The molecule has 0 saturated heterocycles. The van der Waals surface area contributed by atoms with E-state index in [0.29, 0.717) is 0 Å². The zero-order chi connectivity index (χ0) is 12.3. The van der Waals surface area contributed by atoms with Crippen LogP contribution in [0.15, 0.2) is 24.3 Å². The number of rotatable bonds is 4. The van der Waals surface area contributed by atoms with Crippen LogP contribution in [-0.2, 0) is 4.79 Å². The first kappa shape index (κ1) is 9.76. The molecule has 1 rings (SSSR count). The second kappa shape index (κ2) is 4.63. The molecule has 15 heavy (non-hydrogen) atoms. The van der Waals surface area contributed by atoms with E-state index < -0.39 is 23.3 Å². The molecule has 0 N–H and O–H groups in total. The number of halogens is 1. The molecule has 2 atom stereocenters. The summed E-state index contributed by atoms with van der Waals surface area (Å²) in [5.74, 6) is -0.578. The predicted octanol–water partition coefficient (Wildman–Crippen LogP) is 2.58. The lowest BCUT2D eigenvalue weighted by Gasteiger charge is -2.05. The fraction of sp³-hybridized carbons (Fsp3) is 0.300. The van der Waals surface area contributed by atoms with Crippen molar-refractivity contribution in [2.75, 3.05) is 0 Å². The Morgan fingerprint density at radius 2 is 2.13 bits per heavy atom. The van der Waals surface area contributed by atoms with E-state index in [1.165, 1.54) is 12.1 Å². The molecular formula is C10H10FNO3. The van der Waals surface area contributed by atoms with Crippen molar-refractivity contribution in [3.8, 4) is 0 Å². The minimum Gasteiger partial charge on any atom is -0.300 e. The van der Waals surface area contributed by atoms with Crippen LogP contribution in [-0.4, -0.2) is 10.7 Å². The van der Waals surface area contributed by atoms with Gasteiger partial charge in [-0.1, -0.05) is 0 Å². The number of nitro benzene ring substituents is 1. The highest BCUT2D eigenvalue weighted by Crippen LogP contribution is 2.23. The average Bonchev–Trinajstić information content (AvgIpc) is 2.27. The molecule has 0 heterocycles. The fourth-order valence-corrected chi connectivity index (χ4v) is 1.08. The molecule has 5 heteroatoms. The van der Waals surface area contributed by atoms with Gasteiger partial charge in [0.05, 0.1) is 4.92 Å². The minimum atomic E-state index is -1.75. The van der Waals surface area contributed by atoms with Crippen LogP contribution in [0.1, 0.15) is 26.4 Å². The third kappa shape index (κ3) is 3.12. The zero-order valence-electron chi connectivity index (χ0n) is 9.01. The van der Waals surface area contributed by atoms with Crippen molar-refractivity contribution < 1.29 is 15.5 Å². The van der Waals surface area contributed by atoms with Crippen LogP contribution < -0.4 is 0 Å². The molecular weight excluding hydrogens is 201 g/mol. The van der Waals surface area contributed by atoms with Crippen LogP contribution in [0.2, 0.25) is 0 Å². The van der Waals surface area contributed by atoms with Crippen molar-refractivity contribution in [3.63, 3.8) is 0 Å². The molecule has 1 aromatic rings. The van der Waals surface area contributed by atoms with Gasteiger partial charge in [-0.3, -0.25) is 14.9 Å². The summed E-state index contributed by atoms with van der Waals surface area (Å²) in [6.45, 7) is 1.13. The van der Waals surface area contributed by atoms with Crippen LogP contribution in [0, 0.1) is 10.1 Å². The monoisotopic (exact) mass is 212 g/mol. The molecule has 0 aromatic heterocycles. The van der Waals surface area contributed by atoms with Gasteiger partial charge in [-0.25, -0.2) is 4.39 Å². The zero-order valence-corrected chi connectivity index (χ0v) is 8.01. The Labute approximate surface area is 87.3 Å².